The third-order valence-electron chi connectivity index (χ3n) is 9.45. The molecule has 3 aromatic heterocycles. The zero-order valence-electron chi connectivity index (χ0n) is 23.9. The summed E-state index contributed by atoms with van der Waals surface area (Å²) in [5.41, 5.74) is 12.4. The summed E-state index contributed by atoms with van der Waals surface area (Å²) in [6.45, 7) is 0. The minimum Gasteiger partial charge on any atom is -0.309 e. The second kappa shape index (κ2) is 8.82. The SMILES string of the molecule is c1ccc(-c2ccc(-c3ccc4c5cc(-n6c7ccccc7c7ccccc76)cc6c7ccccc7n(c4c3)c65)cc2)cc1. The van der Waals surface area contributed by atoms with Gasteiger partial charge >= 0.3 is 0 Å². The van der Waals surface area contributed by atoms with Gasteiger partial charge in [0.1, 0.15) is 0 Å². The van der Waals surface area contributed by atoms with Crippen LogP contribution in [0.4, 0.5) is 0 Å². The van der Waals surface area contributed by atoms with Crippen LogP contribution in [0.5, 0.6) is 0 Å². The Morgan fingerprint density at radius 3 is 1.39 bits per heavy atom. The van der Waals surface area contributed by atoms with Crippen molar-refractivity contribution >= 4 is 59.9 Å². The van der Waals surface area contributed by atoms with Crippen LogP contribution in [-0.2, 0) is 0 Å². The van der Waals surface area contributed by atoms with Crippen molar-refractivity contribution in [2.75, 3.05) is 0 Å². The second-order valence-electron chi connectivity index (χ2n) is 11.8. The lowest BCUT2D eigenvalue weighted by atomic mass is 9.99. The fourth-order valence-corrected chi connectivity index (χ4v) is 7.48. The van der Waals surface area contributed by atoms with Gasteiger partial charge in [-0.1, -0.05) is 121 Å². The van der Waals surface area contributed by atoms with Gasteiger partial charge in [0.25, 0.3) is 0 Å². The van der Waals surface area contributed by atoms with E-state index in [0.717, 1.165) is 0 Å². The van der Waals surface area contributed by atoms with Crippen molar-refractivity contribution in [3.63, 3.8) is 0 Å². The first-order valence-corrected chi connectivity index (χ1v) is 15.2. The number of hydrogen-bond acceptors (Lipinski definition) is 0. The summed E-state index contributed by atoms with van der Waals surface area (Å²) in [6, 6.07) is 57.7. The Kier molecular flexibility index (Phi) is 4.75. The molecule has 3 heterocycles. The van der Waals surface area contributed by atoms with Crippen LogP contribution in [0.2, 0.25) is 0 Å². The monoisotopic (exact) mass is 558 g/mol. The summed E-state index contributed by atoms with van der Waals surface area (Å²) >= 11 is 0. The van der Waals surface area contributed by atoms with Crippen LogP contribution in [-0.4, -0.2) is 8.97 Å². The summed E-state index contributed by atoms with van der Waals surface area (Å²) in [7, 11) is 0. The third kappa shape index (κ3) is 3.20. The highest BCUT2D eigenvalue weighted by atomic mass is 15.0. The number of benzene rings is 7. The lowest BCUT2D eigenvalue weighted by Gasteiger charge is -2.09. The Morgan fingerprint density at radius 2 is 0.750 bits per heavy atom. The van der Waals surface area contributed by atoms with Crippen LogP contribution >= 0.6 is 0 Å². The van der Waals surface area contributed by atoms with Crippen molar-refractivity contribution < 1.29 is 0 Å². The van der Waals surface area contributed by atoms with Crippen molar-refractivity contribution in [2.45, 2.75) is 0 Å². The average molecular weight is 559 g/mol. The molecule has 0 aliphatic heterocycles. The van der Waals surface area contributed by atoms with Gasteiger partial charge in [-0.3, -0.25) is 0 Å². The molecule has 0 radical (unpaired) electrons. The Labute approximate surface area is 254 Å². The number of fused-ring (bicyclic) bond motifs is 9. The number of aromatic nitrogens is 2. The molecule has 0 atom stereocenters. The maximum Gasteiger partial charge on any atom is 0.0622 e. The van der Waals surface area contributed by atoms with E-state index >= 15 is 0 Å². The van der Waals surface area contributed by atoms with Crippen LogP contribution in [0.25, 0.3) is 87.8 Å². The molecule has 0 N–H and O–H groups in total. The van der Waals surface area contributed by atoms with Gasteiger partial charge < -0.3 is 8.97 Å². The summed E-state index contributed by atoms with van der Waals surface area (Å²) in [6.07, 6.45) is 0. The van der Waals surface area contributed by atoms with Crippen LogP contribution < -0.4 is 0 Å². The predicted octanol–water partition coefficient (Wildman–Crippen LogP) is 11.3. The first-order valence-electron chi connectivity index (χ1n) is 15.2. The predicted molar refractivity (Wildman–Crippen MR) is 186 cm³/mol. The van der Waals surface area contributed by atoms with Crippen molar-refractivity contribution in [1.29, 1.82) is 0 Å². The molecular formula is C42H26N2. The Balaban J connectivity index is 1.24. The molecule has 44 heavy (non-hydrogen) atoms. The largest absolute Gasteiger partial charge is 0.309 e. The average Bonchev–Trinajstić information content (AvgIpc) is 3.73. The number of hydrogen-bond donors (Lipinski definition) is 0. The van der Waals surface area contributed by atoms with E-state index in [1.807, 2.05) is 0 Å². The van der Waals surface area contributed by atoms with Crippen molar-refractivity contribution in [1.82, 2.24) is 8.97 Å². The third-order valence-corrected chi connectivity index (χ3v) is 9.45. The van der Waals surface area contributed by atoms with E-state index in [0.29, 0.717) is 0 Å². The summed E-state index contributed by atoms with van der Waals surface area (Å²) in [5.74, 6) is 0. The van der Waals surface area contributed by atoms with E-state index in [-0.39, 0.29) is 0 Å². The zero-order valence-corrected chi connectivity index (χ0v) is 23.9. The molecule has 10 aromatic rings. The molecule has 0 spiro atoms. The van der Waals surface area contributed by atoms with Crippen LogP contribution in [0, 0.1) is 0 Å². The molecule has 0 saturated carbocycles. The minimum absolute atomic E-state index is 1.20. The van der Waals surface area contributed by atoms with Crippen LogP contribution in [0.15, 0.2) is 158 Å². The van der Waals surface area contributed by atoms with E-state index in [9.17, 15) is 0 Å². The maximum absolute atomic E-state index is 2.48. The molecule has 0 unspecified atom stereocenters. The van der Waals surface area contributed by atoms with E-state index in [2.05, 4.69) is 167 Å². The highest BCUT2D eigenvalue weighted by Gasteiger charge is 2.20. The fourth-order valence-electron chi connectivity index (χ4n) is 7.48. The molecule has 0 amide bonds. The minimum atomic E-state index is 1.20. The standard InChI is InChI=1S/C42H26N2/c1-2-10-27(11-3-1)28-18-20-29(21-19-28)30-22-23-35-37-26-31(43-38-15-7-4-12-32(38)33-13-5-8-16-39(33)43)25-36-34-14-6-9-17-40(34)44(42(36)37)41(35)24-30/h1-26H. The summed E-state index contributed by atoms with van der Waals surface area (Å²) in [4.78, 5) is 0. The molecule has 0 aliphatic carbocycles. The van der Waals surface area contributed by atoms with Gasteiger partial charge in [0.05, 0.1) is 27.6 Å². The molecule has 2 heteroatoms. The van der Waals surface area contributed by atoms with Crippen LogP contribution in [0.3, 0.4) is 0 Å². The van der Waals surface area contributed by atoms with Crippen molar-refractivity contribution in [3.8, 4) is 27.9 Å². The van der Waals surface area contributed by atoms with Gasteiger partial charge in [-0.2, -0.15) is 0 Å². The molecule has 0 bridgehead atoms. The van der Waals surface area contributed by atoms with Crippen molar-refractivity contribution in [2.24, 2.45) is 0 Å². The lowest BCUT2D eigenvalue weighted by Crippen LogP contribution is -1.93. The molecule has 7 aromatic carbocycles. The quantitative estimate of drug-likeness (QED) is 0.204. The topological polar surface area (TPSA) is 9.34 Å². The molecule has 10 rings (SSSR count). The molecule has 0 fully saturated rings. The molecule has 0 aliphatic rings. The maximum atomic E-state index is 2.48. The van der Waals surface area contributed by atoms with E-state index in [1.54, 1.807) is 0 Å². The van der Waals surface area contributed by atoms with Gasteiger partial charge in [0.2, 0.25) is 0 Å². The van der Waals surface area contributed by atoms with E-state index < -0.39 is 0 Å². The Bertz CT molecular complexity index is 2640. The van der Waals surface area contributed by atoms with Gasteiger partial charge in [-0.15, -0.1) is 0 Å². The molecule has 204 valence electrons. The van der Waals surface area contributed by atoms with E-state index in [1.165, 1.54) is 87.8 Å². The van der Waals surface area contributed by atoms with Crippen LogP contribution in [0.1, 0.15) is 0 Å². The second-order valence-corrected chi connectivity index (χ2v) is 11.8. The normalized spacial score (nSPS) is 12.1. The molecule has 2 nitrogen and oxygen atoms in total. The fraction of sp³-hybridized carbons (Fsp3) is 0. The molecule has 0 saturated heterocycles. The van der Waals surface area contributed by atoms with Crippen molar-refractivity contribution in [3.05, 3.63) is 158 Å². The number of rotatable bonds is 3. The first-order chi connectivity index (χ1) is 21.8. The summed E-state index contributed by atoms with van der Waals surface area (Å²) < 4.78 is 4.92. The molecular weight excluding hydrogens is 532 g/mol. The first kappa shape index (κ1) is 23.7. The Hall–Kier alpha value is -5.86. The highest BCUT2D eigenvalue weighted by molar-refractivity contribution is 6.24. The van der Waals surface area contributed by atoms with E-state index in [4.69, 9.17) is 0 Å². The highest BCUT2D eigenvalue weighted by Crippen LogP contribution is 2.43. The number of nitrogens with zero attached hydrogens (tertiary/aromatic N) is 2. The smallest absolute Gasteiger partial charge is 0.0622 e. The zero-order chi connectivity index (χ0) is 28.8. The van der Waals surface area contributed by atoms with Gasteiger partial charge in [-0.05, 0) is 58.7 Å². The summed E-state index contributed by atoms with van der Waals surface area (Å²) in [5, 5.41) is 7.71. The van der Waals surface area contributed by atoms with Gasteiger partial charge in [0.15, 0.2) is 0 Å². The Morgan fingerprint density at radius 1 is 0.295 bits per heavy atom. The van der Waals surface area contributed by atoms with Gasteiger partial charge in [-0.25, -0.2) is 0 Å². The number of para-hydroxylation sites is 3. The lowest BCUT2D eigenvalue weighted by molar-refractivity contribution is 1.19. The van der Waals surface area contributed by atoms with Gasteiger partial charge in [0, 0.05) is 38.0 Å².